The van der Waals surface area contributed by atoms with Crippen LogP contribution in [0.15, 0.2) is 46.0 Å². The van der Waals surface area contributed by atoms with Gasteiger partial charge in [-0.3, -0.25) is 9.69 Å². The van der Waals surface area contributed by atoms with Crippen LogP contribution in [0.2, 0.25) is 0 Å². The number of aryl methyl sites for hydroxylation is 1. The predicted octanol–water partition coefficient (Wildman–Crippen LogP) is 2.65. The summed E-state index contributed by atoms with van der Waals surface area (Å²) in [7, 11) is -3.53. The van der Waals surface area contributed by atoms with Gasteiger partial charge in [0.1, 0.15) is 4.21 Å². The molecule has 2 unspecified atom stereocenters. The van der Waals surface area contributed by atoms with Crippen molar-refractivity contribution in [3.8, 4) is 0 Å². The topological polar surface area (TPSA) is 79.0 Å². The molecule has 1 amide bonds. The van der Waals surface area contributed by atoms with Crippen LogP contribution in [0.4, 0.5) is 0 Å². The van der Waals surface area contributed by atoms with Crippen LogP contribution in [-0.2, 0) is 19.6 Å². The lowest BCUT2D eigenvalue weighted by atomic mass is 9.98. The fourth-order valence-electron chi connectivity index (χ4n) is 4.39. The summed E-state index contributed by atoms with van der Waals surface area (Å²) in [5.41, 5.74) is 2.37. The minimum absolute atomic E-state index is 0.0676. The van der Waals surface area contributed by atoms with E-state index in [1.807, 2.05) is 0 Å². The van der Waals surface area contributed by atoms with Gasteiger partial charge in [-0.25, -0.2) is 8.42 Å². The zero-order chi connectivity index (χ0) is 22.6. The molecule has 4 rings (SSSR count). The molecule has 2 atom stereocenters. The number of piperidine rings is 1. The van der Waals surface area contributed by atoms with E-state index in [0.717, 1.165) is 13.1 Å². The number of carbonyl (C=O) groups is 1. The summed E-state index contributed by atoms with van der Waals surface area (Å²) in [6, 6.07) is 11.9. The van der Waals surface area contributed by atoms with E-state index in [9.17, 15) is 13.2 Å². The maximum atomic E-state index is 13.1. The number of carbonyl (C=O) groups excluding carboxylic acids is 1. The highest BCUT2D eigenvalue weighted by molar-refractivity contribution is 7.91. The Bertz CT molecular complexity index is 987. The number of rotatable bonds is 7. The predicted molar refractivity (Wildman–Crippen MR) is 125 cm³/mol. The molecule has 2 fully saturated rings. The Morgan fingerprint density at radius 2 is 1.94 bits per heavy atom. The summed E-state index contributed by atoms with van der Waals surface area (Å²) >= 11 is 1.22. The van der Waals surface area contributed by atoms with Gasteiger partial charge in [0.2, 0.25) is 5.91 Å². The lowest BCUT2D eigenvalue weighted by molar-refractivity contribution is -0.126. The molecule has 0 bridgehead atoms. The quantitative estimate of drug-likeness (QED) is 0.663. The van der Waals surface area contributed by atoms with Crippen LogP contribution in [0.1, 0.15) is 30.0 Å². The number of thiophene rings is 1. The second kappa shape index (κ2) is 10.4. The standard InChI is InChI=1S/C23H31N3O4S2/c1-18-6-8-19(9-7-18)21(25-11-13-30-14-12-25)16-24-23(27)20-4-2-10-26(17-20)32(28,29)22-5-3-15-31-22/h3,5-9,15,20-21H,2,4,10-14,16-17H2,1H3,(H,24,27). The molecule has 1 N–H and O–H groups in total. The molecule has 2 aliphatic heterocycles. The molecule has 7 nitrogen and oxygen atoms in total. The van der Waals surface area contributed by atoms with E-state index in [2.05, 4.69) is 41.4 Å². The van der Waals surface area contributed by atoms with Crippen molar-refractivity contribution in [2.45, 2.75) is 30.0 Å². The average Bonchev–Trinajstić information content (AvgIpc) is 3.37. The maximum Gasteiger partial charge on any atom is 0.252 e. The molecule has 2 aliphatic rings. The lowest BCUT2D eigenvalue weighted by Gasteiger charge is -2.36. The highest BCUT2D eigenvalue weighted by Gasteiger charge is 2.34. The second-order valence-corrected chi connectivity index (χ2v) is 11.6. The number of ether oxygens (including phenoxy) is 1. The first-order chi connectivity index (χ1) is 15.4. The lowest BCUT2D eigenvalue weighted by Crippen LogP contribution is -2.48. The van der Waals surface area contributed by atoms with Gasteiger partial charge in [0, 0.05) is 32.7 Å². The van der Waals surface area contributed by atoms with Crippen LogP contribution >= 0.6 is 11.3 Å². The maximum absolute atomic E-state index is 13.1. The van der Waals surface area contributed by atoms with Crippen LogP contribution in [0, 0.1) is 12.8 Å². The Kier molecular flexibility index (Phi) is 7.63. The fourth-order valence-corrected chi connectivity index (χ4v) is 7.06. The molecule has 3 heterocycles. The molecule has 32 heavy (non-hydrogen) atoms. The van der Waals surface area contributed by atoms with Gasteiger partial charge in [0.05, 0.1) is 25.2 Å². The fraction of sp³-hybridized carbons (Fsp3) is 0.522. The second-order valence-electron chi connectivity index (χ2n) is 8.45. The highest BCUT2D eigenvalue weighted by Crippen LogP contribution is 2.27. The first kappa shape index (κ1) is 23.4. The molecule has 9 heteroatoms. The minimum Gasteiger partial charge on any atom is -0.379 e. The monoisotopic (exact) mass is 477 g/mol. The molecule has 0 aliphatic carbocycles. The SMILES string of the molecule is Cc1ccc(C(CNC(=O)C2CCCN(S(=O)(=O)c3cccs3)C2)N2CCOCC2)cc1. The van der Waals surface area contributed by atoms with Gasteiger partial charge >= 0.3 is 0 Å². The minimum atomic E-state index is -3.53. The number of amides is 1. The van der Waals surface area contributed by atoms with Crippen LogP contribution in [0.25, 0.3) is 0 Å². The van der Waals surface area contributed by atoms with Crippen LogP contribution in [0.5, 0.6) is 0 Å². The van der Waals surface area contributed by atoms with Crippen molar-refractivity contribution in [3.05, 3.63) is 52.9 Å². The Morgan fingerprint density at radius 3 is 2.62 bits per heavy atom. The molecular weight excluding hydrogens is 446 g/mol. The van der Waals surface area contributed by atoms with Crippen molar-refractivity contribution in [2.75, 3.05) is 45.9 Å². The number of hydrogen-bond donors (Lipinski definition) is 1. The molecular formula is C23H31N3O4S2. The van der Waals surface area contributed by atoms with Crippen molar-refractivity contribution in [2.24, 2.45) is 5.92 Å². The first-order valence-corrected chi connectivity index (χ1v) is 13.5. The van der Waals surface area contributed by atoms with Crippen LogP contribution in [-0.4, -0.2) is 69.5 Å². The smallest absolute Gasteiger partial charge is 0.252 e. The number of nitrogens with zero attached hydrogens (tertiary/aromatic N) is 2. The van der Waals surface area contributed by atoms with Crippen molar-refractivity contribution >= 4 is 27.3 Å². The Morgan fingerprint density at radius 1 is 1.19 bits per heavy atom. The molecule has 0 spiro atoms. The van der Waals surface area contributed by atoms with E-state index in [4.69, 9.17) is 4.74 Å². The number of sulfonamides is 1. The Hall–Kier alpha value is -1.78. The van der Waals surface area contributed by atoms with E-state index in [-0.39, 0.29) is 24.4 Å². The van der Waals surface area contributed by atoms with Crippen molar-refractivity contribution < 1.29 is 17.9 Å². The van der Waals surface area contributed by atoms with Gasteiger partial charge in [-0.1, -0.05) is 35.9 Å². The van der Waals surface area contributed by atoms with E-state index >= 15 is 0 Å². The van der Waals surface area contributed by atoms with E-state index in [0.29, 0.717) is 43.4 Å². The third-order valence-electron chi connectivity index (χ3n) is 6.26. The number of nitrogens with one attached hydrogen (secondary N) is 1. The molecule has 2 aromatic rings. The molecule has 2 saturated heterocycles. The van der Waals surface area contributed by atoms with E-state index in [1.54, 1.807) is 17.5 Å². The third kappa shape index (κ3) is 5.40. The zero-order valence-corrected chi connectivity index (χ0v) is 20.0. The van der Waals surface area contributed by atoms with Crippen LogP contribution < -0.4 is 5.32 Å². The zero-order valence-electron chi connectivity index (χ0n) is 18.4. The molecule has 0 saturated carbocycles. The summed E-state index contributed by atoms with van der Waals surface area (Å²) < 4.78 is 33.1. The number of hydrogen-bond acceptors (Lipinski definition) is 6. The van der Waals surface area contributed by atoms with Crippen molar-refractivity contribution in [3.63, 3.8) is 0 Å². The molecule has 0 radical (unpaired) electrons. The van der Waals surface area contributed by atoms with Gasteiger partial charge < -0.3 is 10.1 Å². The van der Waals surface area contributed by atoms with E-state index in [1.165, 1.54) is 26.8 Å². The third-order valence-corrected chi connectivity index (χ3v) is 9.50. The Balaban J connectivity index is 1.41. The Labute approximate surface area is 194 Å². The summed E-state index contributed by atoms with van der Waals surface area (Å²) in [6.45, 7) is 6.28. The van der Waals surface area contributed by atoms with Gasteiger partial charge in [-0.05, 0) is 36.8 Å². The van der Waals surface area contributed by atoms with Gasteiger partial charge in [0.25, 0.3) is 10.0 Å². The number of morpholine rings is 1. The molecule has 174 valence electrons. The average molecular weight is 478 g/mol. The summed E-state index contributed by atoms with van der Waals surface area (Å²) in [5, 5.41) is 4.89. The van der Waals surface area contributed by atoms with Gasteiger partial charge in [-0.15, -0.1) is 11.3 Å². The van der Waals surface area contributed by atoms with Gasteiger partial charge in [-0.2, -0.15) is 4.31 Å². The van der Waals surface area contributed by atoms with Crippen molar-refractivity contribution in [1.29, 1.82) is 0 Å². The molecule has 1 aromatic carbocycles. The first-order valence-electron chi connectivity index (χ1n) is 11.1. The number of benzene rings is 1. The normalized spacial score (nSPS) is 21.8. The van der Waals surface area contributed by atoms with Crippen molar-refractivity contribution in [1.82, 2.24) is 14.5 Å². The summed E-state index contributed by atoms with van der Waals surface area (Å²) in [5.74, 6) is -0.400. The van der Waals surface area contributed by atoms with E-state index < -0.39 is 10.0 Å². The van der Waals surface area contributed by atoms with Crippen LogP contribution in [0.3, 0.4) is 0 Å². The molecule has 1 aromatic heterocycles. The van der Waals surface area contributed by atoms with Gasteiger partial charge in [0.15, 0.2) is 0 Å². The highest BCUT2D eigenvalue weighted by atomic mass is 32.2. The summed E-state index contributed by atoms with van der Waals surface area (Å²) in [6.07, 6.45) is 1.39. The summed E-state index contributed by atoms with van der Waals surface area (Å²) in [4.78, 5) is 15.4. The largest absolute Gasteiger partial charge is 0.379 e.